The lowest BCUT2D eigenvalue weighted by Crippen LogP contribution is -2.25. The summed E-state index contributed by atoms with van der Waals surface area (Å²) in [5.41, 5.74) is 0.608. The van der Waals surface area contributed by atoms with Crippen molar-refractivity contribution in [2.75, 3.05) is 5.32 Å². The molecule has 0 atom stereocenters. The number of carbonyl (C=O) groups is 1. The maximum atomic E-state index is 12.2. The van der Waals surface area contributed by atoms with Gasteiger partial charge >= 0.3 is 5.97 Å². The first-order chi connectivity index (χ1) is 10.9. The monoisotopic (exact) mass is 336 g/mol. The number of sulfonamides is 1. The molecule has 8 heteroatoms. The van der Waals surface area contributed by atoms with E-state index in [1.807, 2.05) is 0 Å². The third-order valence-electron chi connectivity index (χ3n) is 3.38. The first-order valence-corrected chi connectivity index (χ1v) is 8.61. The van der Waals surface area contributed by atoms with Crippen LogP contribution in [0.1, 0.15) is 29.2 Å². The highest BCUT2D eigenvalue weighted by Gasteiger charge is 2.27. The molecule has 3 rings (SSSR count). The van der Waals surface area contributed by atoms with Crippen molar-refractivity contribution in [2.45, 2.75) is 30.3 Å². The minimum Gasteiger partial charge on any atom is -0.475 e. The molecule has 7 nitrogen and oxygen atoms in total. The highest BCUT2D eigenvalue weighted by molar-refractivity contribution is 7.89. The van der Waals surface area contributed by atoms with Crippen LogP contribution in [-0.4, -0.2) is 25.5 Å². The summed E-state index contributed by atoms with van der Waals surface area (Å²) < 4.78 is 32.1. The minimum atomic E-state index is -3.50. The number of carboxylic acids is 1. The van der Waals surface area contributed by atoms with E-state index in [9.17, 15) is 13.2 Å². The number of furan rings is 1. The number of rotatable bonds is 7. The molecule has 1 aromatic heterocycles. The van der Waals surface area contributed by atoms with E-state index in [0.717, 1.165) is 12.8 Å². The predicted molar refractivity (Wildman–Crippen MR) is 82.8 cm³/mol. The van der Waals surface area contributed by atoms with Crippen molar-refractivity contribution in [3.63, 3.8) is 0 Å². The van der Waals surface area contributed by atoms with Gasteiger partial charge in [-0.1, -0.05) is 6.07 Å². The van der Waals surface area contributed by atoms with Gasteiger partial charge in [-0.05, 0) is 43.2 Å². The first-order valence-electron chi connectivity index (χ1n) is 7.12. The van der Waals surface area contributed by atoms with Crippen molar-refractivity contribution >= 4 is 21.7 Å². The number of hydrogen-bond donors (Lipinski definition) is 3. The van der Waals surface area contributed by atoms with E-state index in [2.05, 4.69) is 10.0 Å². The van der Waals surface area contributed by atoms with Crippen molar-refractivity contribution in [3.8, 4) is 0 Å². The Kier molecular flexibility index (Phi) is 4.10. The average Bonchev–Trinajstić information content (AvgIpc) is 3.17. The van der Waals surface area contributed by atoms with Crippen LogP contribution in [0.3, 0.4) is 0 Å². The molecule has 1 aliphatic carbocycles. The molecule has 23 heavy (non-hydrogen) atoms. The highest BCUT2D eigenvalue weighted by Crippen LogP contribution is 2.23. The molecule has 1 aromatic carbocycles. The van der Waals surface area contributed by atoms with Gasteiger partial charge in [0.2, 0.25) is 15.8 Å². The van der Waals surface area contributed by atoms with Crippen molar-refractivity contribution in [1.82, 2.24) is 4.72 Å². The van der Waals surface area contributed by atoms with E-state index in [1.165, 1.54) is 18.2 Å². The molecule has 3 N–H and O–H groups in total. The molecule has 0 amide bonds. The summed E-state index contributed by atoms with van der Waals surface area (Å²) in [5, 5.41) is 11.8. The standard InChI is InChI=1S/C15H16N2O5S/c18-15(19)14-7-6-12(22-14)9-16-11-2-1-3-13(8-11)23(20,21)17-10-4-5-10/h1-3,6-8,10,16-17H,4-5,9H2,(H,18,19). The third-order valence-corrected chi connectivity index (χ3v) is 4.90. The molecule has 2 aromatic rings. The molecule has 1 saturated carbocycles. The largest absolute Gasteiger partial charge is 0.475 e. The summed E-state index contributed by atoms with van der Waals surface area (Å²) >= 11 is 0. The summed E-state index contributed by atoms with van der Waals surface area (Å²) in [7, 11) is -3.50. The van der Waals surface area contributed by atoms with E-state index in [1.54, 1.807) is 18.2 Å². The maximum Gasteiger partial charge on any atom is 0.371 e. The van der Waals surface area contributed by atoms with Crippen molar-refractivity contribution in [3.05, 3.63) is 47.9 Å². The summed E-state index contributed by atoms with van der Waals surface area (Å²) in [5.74, 6) is -0.811. The third kappa shape index (κ3) is 3.91. The van der Waals surface area contributed by atoms with Crippen molar-refractivity contribution in [1.29, 1.82) is 0 Å². The molecule has 0 aliphatic heterocycles. The number of hydrogen-bond acceptors (Lipinski definition) is 5. The van der Waals surface area contributed by atoms with Crippen LogP contribution >= 0.6 is 0 Å². The minimum absolute atomic E-state index is 0.0502. The lowest BCUT2D eigenvalue weighted by Gasteiger charge is -2.09. The fourth-order valence-electron chi connectivity index (χ4n) is 2.04. The number of nitrogens with one attached hydrogen (secondary N) is 2. The van der Waals surface area contributed by atoms with Gasteiger partial charge in [0.15, 0.2) is 0 Å². The second kappa shape index (κ2) is 6.05. The van der Waals surface area contributed by atoms with E-state index in [0.29, 0.717) is 11.4 Å². The van der Waals surface area contributed by atoms with Gasteiger partial charge < -0.3 is 14.8 Å². The van der Waals surface area contributed by atoms with Gasteiger partial charge in [0.05, 0.1) is 11.4 Å². The molecule has 0 radical (unpaired) electrons. The van der Waals surface area contributed by atoms with Crippen LogP contribution in [0.2, 0.25) is 0 Å². The number of benzene rings is 1. The Morgan fingerprint density at radius 1 is 1.26 bits per heavy atom. The molecule has 1 fully saturated rings. The Morgan fingerprint density at radius 3 is 2.70 bits per heavy atom. The molecule has 1 aliphatic rings. The van der Waals surface area contributed by atoms with Gasteiger partial charge in [0.25, 0.3) is 0 Å². The van der Waals surface area contributed by atoms with Gasteiger partial charge in [-0.25, -0.2) is 17.9 Å². The quantitative estimate of drug-likeness (QED) is 0.714. The van der Waals surface area contributed by atoms with Crippen LogP contribution < -0.4 is 10.0 Å². The summed E-state index contributed by atoms with van der Waals surface area (Å²) in [6, 6.07) is 9.43. The molecular weight excluding hydrogens is 320 g/mol. The average molecular weight is 336 g/mol. The zero-order chi connectivity index (χ0) is 16.4. The van der Waals surface area contributed by atoms with E-state index in [4.69, 9.17) is 9.52 Å². The van der Waals surface area contributed by atoms with Gasteiger partial charge in [0, 0.05) is 11.7 Å². The Bertz CT molecular complexity index is 824. The molecule has 0 bridgehead atoms. The Hall–Kier alpha value is -2.32. The van der Waals surface area contributed by atoms with Crippen molar-refractivity contribution in [2.24, 2.45) is 0 Å². The second-order valence-electron chi connectivity index (χ2n) is 5.35. The fourth-order valence-corrected chi connectivity index (χ4v) is 3.39. The lowest BCUT2D eigenvalue weighted by atomic mass is 10.3. The number of aromatic carboxylic acids is 1. The molecule has 1 heterocycles. The van der Waals surface area contributed by atoms with Crippen molar-refractivity contribution < 1.29 is 22.7 Å². The summed E-state index contributed by atoms with van der Waals surface area (Å²) in [6.07, 6.45) is 1.75. The zero-order valence-electron chi connectivity index (χ0n) is 12.2. The molecule has 0 saturated heterocycles. The van der Waals surface area contributed by atoms with Crippen LogP contribution in [0.15, 0.2) is 45.7 Å². The zero-order valence-corrected chi connectivity index (χ0v) is 13.0. The van der Waals surface area contributed by atoms with Crippen LogP contribution in [0.5, 0.6) is 0 Å². The number of anilines is 1. The fraction of sp³-hybridized carbons (Fsp3) is 0.267. The van der Waals surface area contributed by atoms with E-state index < -0.39 is 16.0 Å². The van der Waals surface area contributed by atoms with Gasteiger partial charge in [-0.2, -0.15) is 0 Å². The topological polar surface area (TPSA) is 109 Å². The number of carboxylic acid groups (broad SMARTS) is 1. The normalized spacial score (nSPS) is 14.6. The van der Waals surface area contributed by atoms with E-state index in [-0.39, 0.29) is 23.2 Å². The predicted octanol–water partition coefficient (Wildman–Crippen LogP) is 2.03. The second-order valence-corrected chi connectivity index (χ2v) is 7.06. The lowest BCUT2D eigenvalue weighted by molar-refractivity contribution is 0.0660. The van der Waals surface area contributed by atoms with Crippen LogP contribution in [0.4, 0.5) is 5.69 Å². The van der Waals surface area contributed by atoms with Gasteiger partial charge in [-0.15, -0.1) is 0 Å². The SMILES string of the molecule is O=C(O)c1ccc(CNc2cccc(S(=O)(=O)NC3CC3)c2)o1. The smallest absolute Gasteiger partial charge is 0.371 e. The summed E-state index contributed by atoms with van der Waals surface area (Å²) in [6.45, 7) is 0.257. The maximum absolute atomic E-state index is 12.2. The Morgan fingerprint density at radius 2 is 2.04 bits per heavy atom. The van der Waals surface area contributed by atoms with Crippen LogP contribution in [-0.2, 0) is 16.6 Å². The van der Waals surface area contributed by atoms with Crippen LogP contribution in [0, 0.1) is 0 Å². The highest BCUT2D eigenvalue weighted by atomic mass is 32.2. The van der Waals surface area contributed by atoms with E-state index >= 15 is 0 Å². The Balaban J connectivity index is 1.68. The molecule has 0 unspecified atom stereocenters. The van der Waals surface area contributed by atoms with Gasteiger partial charge in [-0.3, -0.25) is 0 Å². The Labute approximate surface area is 133 Å². The molecule has 122 valence electrons. The first kappa shape index (κ1) is 15.6. The molecular formula is C15H16N2O5S. The summed E-state index contributed by atoms with van der Waals surface area (Å²) in [4.78, 5) is 10.9. The molecule has 0 spiro atoms. The van der Waals surface area contributed by atoms with Gasteiger partial charge in [0.1, 0.15) is 5.76 Å². The van der Waals surface area contributed by atoms with Crippen LogP contribution in [0.25, 0.3) is 0 Å².